The van der Waals surface area contributed by atoms with Crippen molar-refractivity contribution in [2.45, 2.75) is 6.18 Å². The van der Waals surface area contributed by atoms with Crippen molar-refractivity contribution in [3.8, 4) is 16.9 Å². The lowest BCUT2D eigenvalue weighted by Crippen LogP contribution is -2.20. The van der Waals surface area contributed by atoms with E-state index in [0.29, 0.717) is 27.0 Å². The molecule has 0 aliphatic carbocycles. The van der Waals surface area contributed by atoms with Gasteiger partial charge < -0.3 is 5.32 Å². The Hall–Kier alpha value is -3.00. The Balaban J connectivity index is 1.81. The summed E-state index contributed by atoms with van der Waals surface area (Å²) in [5.74, 6) is -0.851. The topological polar surface area (TPSA) is 46.9 Å². The van der Waals surface area contributed by atoms with E-state index in [1.165, 1.54) is 28.9 Å². The van der Waals surface area contributed by atoms with E-state index < -0.39 is 23.2 Å². The molecule has 168 valence electrons. The number of benzene rings is 3. The molecule has 0 bridgehead atoms. The van der Waals surface area contributed by atoms with Gasteiger partial charge in [0.2, 0.25) is 0 Å². The molecular weight excluding hydrogens is 498 g/mol. The van der Waals surface area contributed by atoms with Gasteiger partial charge in [-0.3, -0.25) is 4.79 Å². The summed E-state index contributed by atoms with van der Waals surface area (Å²) in [6.45, 7) is 0. The van der Waals surface area contributed by atoms with Crippen LogP contribution in [0, 0.1) is 0 Å². The molecule has 0 saturated heterocycles. The molecule has 0 aliphatic heterocycles. The molecule has 1 N–H and O–H groups in total. The van der Waals surface area contributed by atoms with Crippen LogP contribution in [0.5, 0.6) is 0 Å². The first-order chi connectivity index (χ1) is 15.6. The normalized spacial score (nSPS) is 11.5. The lowest BCUT2D eigenvalue weighted by molar-refractivity contribution is -0.137. The zero-order chi connectivity index (χ0) is 23.8. The van der Waals surface area contributed by atoms with Crippen molar-refractivity contribution in [1.29, 1.82) is 0 Å². The smallest absolute Gasteiger partial charge is 0.306 e. The molecule has 10 heteroatoms. The van der Waals surface area contributed by atoms with E-state index in [-0.39, 0.29) is 10.8 Å². The minimum atomic E-state index is -4.70. The maximum absolute atomic E-state index is 13.4. The second-order valence-electron chi connectivity index (χ2n) is 6.93. The fraction of sp³-hybridized carbons (Fsp3) is 0.0435. The van der Waals surface area contributed by atoms with E-state index in [2.05, 4.69) is 10.4 Å². The number of carbonyl (C=O) groups is 1. The second kappa shape index (κ2) is 9.09. The van der Waals surface area contributed by atoms with Crippen molar-refractivity contribution in [1.82, 2.24) is 9.78 Å². The fourth-order valence-electron chi connectivity index (χ4n) is 3.18. The molecule has 1 amide bonds. The Morgan fingerprint density at radius 3 is 2.24 bits per heavy atom. The molecule has 4 aromatic rings. The number of hydrogen-bond acceptors (Lipinski definition) is 2. The minimum Gasteiger partial charge on any atom is -0.306 e. The van der Waals surface area contributed by atoms with Gasteiger partial charge in [0, 0.05) is 21.7 Å². The Labute approximate surface area is 201 Å². The van der Waals surface area contributed by atoms with Gasteiger partial charge >= 0.3 is 6.18 Å². The first-order valence-corrected chi connectivity index (χ1v) is 10.6. The van der Waals surface area contributed by atoms with Crippen LogP contribution in [0.1, 0.15) is 15.9 Å². The predicted octanol–water partition coefficient (Wildman–Crippen LogP) is 7.77. The van der Waals surface area contributed by atoms with Crippen LogP contribution < -0.4 is 5.32 Å². The number of anilines is 1. The monoisotopic (exact) mass is 509 g/mol. The maximum Gasteiger partial charge on any atom is 0.417 e. The Bertz CT molecular complexity index is 1340. The van der Waals surface area contributed by atoms with Crippen LogP contribution in [0.15, 0.2) is 72.8 Å². The van der Waals surface area contributed by atoms with Gasteiger partial charge in [-0.05, 0) is 42.5 Å². The van der Waals surface area contributed by atoms with Crippen molar-refractivity contribution in [2.24, 2.45) is 0 Å². The number of aromatic nitrogens is 2. The van der Waals surface area contributed by atoms with E-state index in [9.17, 15) is 18.0 Å². The van der Waals surface area contributed by atoms with Crippen LogP contribution in [0.4, 0.5) is 19.0 Å². The summed E-state index contributed by atoms with van der Waals surface area (Å²) in [4.78, 5) is 12.9. The van der Waals surface area contributed by atoms with Crippen molar-refractivity contribution in [2.75, 3.05) is 5.32 Å². The third kappa shape index (κ3) is 5.00. The molecule has 4 nitrogen and oxygen atoms in total. The van der Waals surface area contributed by atoms with Crippen molar-refractivity contribution in [3.05, 3.63) is 99.0 Å². The SMILES string of the molecule is O=C(Nc1cc(-c2ccc(Cl)cc2)nn1-c1cc(Cl)ccc1Cl)c1ccccc1C(F)(F)F. The quantitative estimate of drug-likeness (QED) is 0.305. The summed E-state index contributed by atoms with van der Waals surface area (Å²) >= 11 is 18.4. The minimum absolute atomic E-state index is 0.103. The van der Waals surface area contributed by atoms with Crippen LogP contribution in [-0.2, 0) is 6.18 Å². The largest absolute Gasteiger partial charge is 0.417 e. The number of halogens is 6. The number of alkyl halides is 3. The highest BCUT2D eigenvalue weighted by Gasteiger charge is 2.35. The van der Waals surface area contributed by atoms with Crippen LogP contribution in [0.25, 0.3) is 16.9 Å². The molecule has 1 heterocycles. The van der Waals surface area contributed by atoms with Crippen LogP contribution >= 0.6 is 34.8 Å². The zero-order valence-electron chi connectivity index (χ0n) is 16.5. The third-order valence-corrected chi connectivity index (χ3v) is 5.51. The lowest BCUT2D eigenvalue weighted by atomic mass is 10.1. The molecular formula is C23H13Cl3F3N3O. The second-order valence-corrected chi connectivity index (χ2v) is 8.21. The van der Waals surface area contributed by atoms with E-state index >= 15 is 0 Å². The van der Waals surface area contributed by atoms with Crippen LogP contribution in [-0.4, -0.2) is 15.7 Å². The molecule has 0 unspecified atom stereocenters. The van der Waals surface area contributed by atoms with Gasteiger partial charge in [-0.15, -0.1) is 0 Å². The van der Waals surface area contributed by atoms with Gasteiger partial charge in [0.25, 0.3) is 5.91 Å². The lowest BCUT2D eigenvalue weighted by Gasteiger charge is -2.14. The number of hydrogen-bond donors (Lipinski definition) is 1. The summed E-state index contributed by atoms with van der Waals surface area (Å²) in [6, 6.07) is 17.5. The zero-order valence-corrected chi connectivity index (χ0v) is 18.8. The highest BCUT2D eigenvalue weighted by molar-refractivity contribution is 6.34. The Morgan fingerprint density at radius 1 is 0.879 bits per heavy atom. The Kier molecular flexibility index (Phi) is 6.38. The molecule has 0 atom stereocenters. The first-order valence-electron chi connectivity index (χ1n) is 9.42. The number of amides is 1. The molecule has 0 spiro atoms. The van der Waals surface area contributed by atoms with Gasteiger partial charge in [0.15, 0.2) is 0 Å². The summed E-state index contributed by atoms with van der Waals surface area (Å²) < 4.78 is 41.5. The molecule has 0 aliphatic rings. The first kappa shape index (κ1) is 23.2. The molecule has 33 heavy (non-hydrogen) atoms. The standard InChI is InChI=1S/C23H13Cl3F3N3O/c24-14-7-5-13(6-8-14)19-12-21(32(31-19)20-11-15(25)9-10-18(20)26)30-22(33)16-3-1-2-4-17(16)23(27,28)29/h1-12H,(H,30,33). The van der Waals surface area contributed by atoms with Gasteiger partial charge in [-0.1, -0.05) is 59.1 Å². The molecule has 1 aromatic heterocycles. The van der Waals surface area contributed by atoms with Gasteiger partial charge in [0.05, 0.1) is 27.5 Å². The molecule has 0 saturated carbocycles. The summed E-state index contributed by atoms with van der Waals surface area (Å²) in [5, 5.41) is 8.17. The number of nitrogens with one attached hydrogen (secondary N) is 1. The summed E-state index contributed by atoms with van der Waals surface area (Å²) in [5.41, 5.74) is -0.136. The molecule has 0 radical (unpaired) electrons. The molecule has 0 fully saturated rings. The summed E-state index contributed by atoms with van der Waals surface area (Å²) in [6.07, 6.45) is -4.70. The maximum atomic E-state index is 13.4. The van der Waals surface area contributed by atoms with E-state index in [1.807, 2.05) is 0 Å². The van der Waals surface area contributed by atoms with Gasteiger partial charge in [-0.2, -0.15) is 18.3 Å². The van der Waals surface area contributed by atoms with Gasteiger partial charge in [0.1, 0.15) is 5.82 Å². The third-order valence-electron chi connectivity index (χ3n) is 4.70. The predicted molar refractivity (Wildman–Crippen MR) is 123 cm³/mol. The van der Waals surface area contributed by atoms with E-state index in [1.54, 1.807) is 36.4 Å². The van der Waals surface area contributed by atoms with Crippen molar-refractivity contribution < 1.29 is 18.0 Å². The number of rotatable bonds is 4. The number of nitrogens with zero attached hydrogens (tertiary/aromatic N) is 2. The summed E-state index contributed by atoms with van der Waals surface area (Å²) in [7, 11) is 0. The Morgan fingerprint density at radius 2 is 1.55 bits per heavy atom. The molecule has 4 rings (SSSR count). The van der Waals surface area contributed by atoms with Crippen LogP contribution in [0.2, 0.25) is 15.1 Å². The van der Waals surface area contributed by atoms with Crippen molar-refractivity contribution in [3.63, 3.8) is 0 Å². The average Bonchev–Trinajstić information content (AvgIpc) is 3.18. The number of carbonyl (C=O) groups excluding carboxylic acids is 1. The highest BCUT2D eigenvalue weighted by Crippen LogP contribution is 2.34. The fourth-order valence-corrected chi connectivity index (χ4v) is 3.67. The van der Waals surface area contributed by atoms with Crippen molar-refractivity contribution >= 4 is 46.5 Å². The van der Waals surface area contributed by atoms with E-state index in [0.717, 1.165) is 12.1 Å². The highest BCUT2D eigenvalue weighted by atomic mass is 35.5. The molecule has 3 aromatic carbocycles. The van der Waals surface area contributed by atoms with Crippen LogP contribution in [0.3, 0.4) is 0 Å². The average molecular weight is 511 g/mol. The van der Waals surface area contributed by atoms with E-state index in [4.69, 9.17) is 34.8 Å². The van der Waals surface area contributed by atoms with Gasteiger partial charge in [-0.25, -0.2) is 4.68 Å².